The zero-order valence-electron chi connectivity index (χ0n) is 10.3. The molecule has 0 N–H and O–H groups in total. The Kier molecular flexibility index (Phi) is 3.11. The molecule has 0 atom stereocenters. The van der Waals surface area contributed by atoms with E-state index in [1.54, 1.807) is 6.20 Å². The summed E-state index contributed by atoms with van der Waals surface area (Å²) >= 11 is 0. The highest BCUT2D eigenvalue weighted by molar-refractivity contribution is 5.83. The van der Waals surface area contributed by atoms with E-state index in [2.05, 4.69) is 9.97 Å². The fourth-order valence-electron chi connectivity index (χ4n) is 1.76. The van der Waals surface area contributed by atoms with Crippen molar-refractivity contribution in [3.8, 4) is 0 Å². The third-order valence-corrected chi connectivity index (χ3v) is 2.97. The Labute approximate surface area is 100 Å². The first-order chi connectivity index (χ1) is 8.10. The largest absolute Gasteiger partial charge is 0.468 e. The third kappa shape index (κ3) is 1.91. The standard InChI is InChI=1S/C12H16N2O3/c1-8(2)9-4-5-13-10(14-9)12(6-17-7-12)11(15)16-3/h4-5,8H,6-7H2,1-3H3. The monoisotopic (exact) mass is 236 g/mol. The number of carbonyl (C=O) groups is 1. The molecule has 0 amide bonds. The summed E-state index contributed by atoms with van der Waals surface area (Å²) in [7, 11) is 1.37. The molecule has 1 aliphatic heterocycles. The van der Waals surface area contributed by atoms with Crippen molar-refractivity contribution >= 4 is 5.97 Å². The molecular formula is C12H16N2O3. The Morgan fingerprint density at radius 3 is 2.71 bits per heavy atom. The Morgan fingerprint density at radius 1 is 1.53 bits per heavy atom. The van der Waals surface area contributed by atoms with Crippen molar-refractivity contribution in [1.82, 2.24) is 9.97 Å². The molecule has 92 valence electrons. The first-order valence-corrected chi connectivity index (χ1v) is 5.60. The Morgan fingerprint density at radius 2 is 2.24 bits per heavy atom. The second-order valence-corrected chi connectivity index (χ2v) is 4.53. The van der Waals surface area contributed by atoms with Crippen LogP contribution < -0.4 is 0 Å². The van der Waals surface area contributed by atoms with Crippen LogP contribution in [0.4, 0.5) is 0 Å². The van der Waals surface area contributed by atoms with Gasteiger partial charge < -0.3 is 9.47 Å². The van der Waals surface area contributed by atoms with Crippen LogP contribution in [-0.2, 0) is 19.7 Å². The molecule has 1 aromatic heterocycles. The van der Waals surface area contributed by atoms with E-state index >= 15 is 0 Å². The van der Waals surface area contributed by atoms with Crippen LogP contribution in [0.2, 0.25) is 0 Å². The average Bonchev–Trinajstić information content (AvgIpc) is 2.27. The van der Waals surface area contributed by atoms with Crippen molar-refractivity contribution in [2.45, 2.75) is 25.2 Å². The van der Waals surface area contributed by atoms with Crippen LogP contribution in [0.15, 0.2) is 12.3 Å². The normalized spacial score (nSPS) is 17.6. The lowest BCUT2D eigenvalue weighted by molar-refractivity contribution is -0.167. The summed E-state index contributed by atoms with van der Waals surface area (Å²) in [6.45, 7) is 4.69. The van der Waals surface area contributed by atoms with Gasteiger partial charge in [0, 0.05) is 11.9 Å². The van der Waals surface area contributed by atoms with Crippen LogP contribution in [0.5, 0.6) is 0 Å². The molecule has 0 aliphatic carbocycles. The van der Waals surface area contributed by atoms with Crippen LogP contribution in [0.1, 0.15) is 31.3 Å². The van der Waals surface area contributed by atoms with Gasteiger partial charge in [-0.3, -0.25) is 4.79 Å². The molecule has 17 heavy (non-hydrogen) atoms. The summed E-state index contributed by atoms with van der Waals surface area (Å²) in [5, 5.41) is 0. The van der Waals surface area contributed by atoms with Gasteiger partial charge in [-0.15, -0.1) is 0 Å². The first-order valence-electron chi connectivity index (χ1n) is 5.60. The molecule has 0 spiro atoms. The maximum absolute atomic E-state index is 11.8. The summed E-state index contributed by atoms with van der Waals surface area (Å²) in [5.41, 5.74) is 0.116. The van der Waals surface area contributed by atoms with E-state index in [0.717, 1.165) is 5.69 Å². The maximum atomic E-state index is 11.8. The molecule has 0 aromatic carbocycles. The quantitative estimate of drug-likeness (QED) is 0.734. The van der Waals surface area contributed by atoms with Gasteiger partial charge in [-0.25, -0.2) is 9.97 Å². The van der Waals surface area contributed by atoms with Crippen LogP contribution in [0.25, 0.3) is 0 Å². The van der Waals surface area contributed by atoms with Gasteiger partial charge in [0.05, 0.1) is 20.3 Å². The minimum atomic E-state index is -0.806. The fourth-order valence-corrected chi connectivity index (χ4v) is 1.76. The highest BCUT2D eigenvalue weighted by Gasteiger charge is 2.51. The fraction of sp³-hybridized carbons (Fsp3) is 0.583. The van der Waals surface area contributed by atoms with Gasteiger partial charge in [0.1, 0.15) is 0 Å². The Hall–Kier alpha value is -1.49. The van der Waals surface area contributed by atoms with E-state index in [-0.39, 0.29) is 5.97 Å². The zero-order chi connectivity index (χ0) is 12.5. The molecule has 5 heteroatoms. The molecular weight excluding hydrogens is 220 g/mol. The van der Waals surface area contributed by atoms with Gasteiger partial charge >= 0.3 is 5.97 Å². The van der Waals surface area contributed by atoms with E-state index in [0.29, 0.717) is 25.0 Å². The second kappa shape index (κ2) is 4.41. The second-order valence-electron chi connectivity index (χ2n) is 4.53. The molecule has 0 bridgehead atoms. The summed E-state index contributed by atoms with van der Waals surface area (Å²) < 4.78 is 9.95. The molecule has 2 rings (SSSR count). The van der Waals surface area contributed by atoms with Gasteiger partial charge in [0.15, 0.2) is 11.2 Å². The van der Waals surface area contributed by atoms with E-state index in [1.165, 1.54) is 7.11 Å². The number of aromatic nitrogens is 2. The van der Waals surface area contributed by atoms with E-state index < -0.39 is 5.41 Å². The van der Waals surface area contributed by atoms with Crippen LogP contribution >= 0.6 is 0 Å². The number of hydrogen-bond acceptors (Lipinski definition) is 5. The zero-order valence-corrected chi connectivity index (χ0v) is 10.3. The van der Waals surface area contributed by atoms with Gasteiger partial charge in [0.25, 0.3) is 0 Å². The molecule has 1 fully saturated rings. The molecule has 0 radical (unpaired) electrons. The number of carbonyl (C=O) groups excluding carboxylic acids is 1. The van der Waals surface area contributed by atoms with Crippen LogP contribution in [0.3, 0.4) is 0 Å². The average molecular weight is 236 g/mol. The number of hydrogen-bond donors (Lipinski definition) is 0. The predicted octanol–water partition coefficient (Wildman–Crippen LogP) is 1.04. The van der Waals surface area contributed by atoms with Crippen molar-refractivity contribution < 1.29 is 14.3 Å². The Balaban J connectivity index is 2.38. The number of methoxy groups -OCH3 is 1. The van der Waals surface area contributed by atoms with Crippen molar-refractivity contribution in [3.05, 3.63) is 23.8 Å². The summed E-state index contributed by atoms with van der Waals surface area (Å²) in [6, 6.07) is 1.86. The summed E-state index contributed by atoms with van der Waals surface area (Å²) in [5.74, 6) is 0.471. The van der Waals surface area contributed by atoms with Crippen LogP contribution in [0, 0.1) is 0 Å². The van der Waals surface area contributed by atoms with Crippen molar-refractivity contribution in [2.24, 2.45) is 0 Å². The number of esters is 1. The van der Waals surface area contributed by atoms with E-state index in [4.69, 9.17) is 9.47 Å². The lowest BCUT2D eigenvalue weighted by atomic mass is 9.85. The van der Waals surface area contributed by atoms with Crippen molar-refractivity contribution in [1.29, 1.82) is 0 Å². The topological polar surface area (TPSA) is 61.3 Å². The molecule has 0 saturated carbocycles. The molecule has 5 nitrogen and oxygen atoms in total. The lowest BCUT2D eigenvalue weighted by Crippen LogP contribution is -2.54. The first kappa shape index (κ1) is 12.0. The third-order valence-electron chi connectivity index (χ3n) is 2.97. The van der Waals surface area contributed by atoms with E-state index in [9.17, 15) is 4.79 Å². The number of rotatable bonds is 3. The number of nitrogens with zero attached hydrogens (tertiary/aromatic N) is 2. The predicted molar refractivity (Wildman–Crippen MR) is 60.6 cm³/mol. The minimum absolute atomic E-state index is 0.293. The van der Waals surface area contributed by atoms with Gasteiger partial charge in [-0.05, 0) is 12.0 Å². The van der Waals surface area contributed by atoms with E-state index in [1.807, 2.05) is 19.9 Å². The number of ether oxygens (including phenoxy) is 2. The summed E-state index contributed by atoms with van der Waals surface area (Å²) in [4.78, 5) is 20.5. The highest BCUT2D eigenvalue weighted by atomic mass is 16.5. The molecule has 1 aromatic rings. The van der Waals surface area contributed by atoms with Gasteiger partial charge in [-0.2, -0.15) is 0 Å². The minimum Gasteiger partial charge on any atom is -0.468 e. The molecule has 1 aliphatic rings. The summed E-state index contributed by atoms with van der Waals surface area (Å²) in [6.07, 6.45) is 1.68. The smallest absolute Gasteiger partial charge is 0.324 e. The van der Waals surface area contributed by atoms with Gasteiger partial charge in [-0.1, -0.05) is 13.8 Å². The molecule has 0 unspecified atom stereocenters. The Bertz CT molecular complexity index is 428. The van der Waals surface area contributed by atoms with Gasteiger partial charge in [0.2, 0.25) is 0 Å². The SMILES string of the molecule is COC(=O)C1(c2nccc(C(C)C)n2)COC1. The van der Waals surface area contributed by atoms with Crippen molar-refractivity contribution in [2.75, 3.05) is 20.3 Å². The molecule has 2 heterocycles. The lowest BCUT2D eigenvalue weighted by Gasteiger charge is -2.36. The van der Waals surface area contributed by atoms with Crippen LogP contribution in [-0.4, -0.2) is 36.3 Å². The molecule has 1 saturated heterocycles. The van der Waals surface area contributed by atoms with Crippen molar-refractivity contribution in [3.63, 3.8) is 0 Å². The maximum Gasteiger partial charge on any atom is 0.324 e. The highest BCUT2D eigenvalue weighted by Crippen LogP contribution is 2.31.